The number of aromatic nitrogens is 3. The van der Waals surface area contributed by atoms with E-state index in [0.717, 1.165) is 5.82 Å². The van der Waals surface area contributed by atoms with Crippen molar-refractivity contribution in [2.45, 2.75) is 0 Å². The molecule has 3 aromatic heterocycles. The summed E-state index contributed by atoms with van der Waals surface area (Å²) in [4.78, 5) is 28.8. The van der Waals surface area contributed by atoms with Crippen LogP contribution in [0.25, 0.3) is 5.82 Å². The predicted molar refractivity (Wildman–Crippen MR) is 93.1 cm³/mol. The third-order valence-electron chi connectivity index (χ3n) is 4.61. The topological polar surface area (TPSA) is 76.5 Å². The molecular formula is C18H19N5O3. The van der Waals surface area contributed by atoms with Crippen molar-refractivity contribution in [3.63, 3.8) is 0 Å². The van der Waals surface area contributed by atoms with Crippen molar-refractivity contribution in [3.05, 3.63) is 60.4 Å². The molecule has 0 spiro atoms. The summed E-state index contributed by atoms with van der Waals surface area (Å²) >= 11 is 0. The van der Waals surface area contributed by atoms with Crippen LogP contribution in [0.15, 0.2) is 53.7 Å². The minimum Gasteiger partial charge on any atom is -0.472 e. The van der Waals surface area contributed by atoms with Gasteiger partial charge in [0.1, 0.15) is 17.6 Å². The second kappa shape index (κ2) is 6.55. The third-order valence-corrected chi connectivity index (χ3v) is 4.61. The number of carbonyl (C=O) groups excluding carboxylic acids is 2. The number of hydrogen-bond acceptors (Lipinski definition) is 4. The first-order valence-corrected chi connectivity index (χ1v) is 8.41. The van der Waals surface area contributed by atoms with Gasteiger partial charge in [-0.1, -0.05) is 0 Å². The summed E-state index contributed by atoms with van der Waals surface area (Å²) in [6, 6.07) is 5.46. The molecule has 26 heavy (non-hydrogen) atoms. The lowest BCUT2D eigenvalue weighted by atomic mass is 10.2. The number of aryl methyl sites for hydroxylation is 1. The zero-order valence-corrected chi connectivity index (χ0v) is 14.4. The van der Waals surface area contributed by atoms with Gasteiger partial charge in [0.25, 0.3) is 11.8 Å². The largest absolute Gasteiger partial charge is 0.472 e. The van der Waals surface area contributed by atoms with Gasteiger partial charge in [-0.3, -0.25) is 14.3 Å². The summed E-state index contributed by atoms with van der Waals surface area (Å²) in [7, 11) is 1.81. The van der Waals surface area contributed by atoms with Crippen LogP contribution in [0.2, 0.25) is 0 Å². The summed E-state index contributed by atoms with van der Waals surface area (Å²) in [5.41, 5.74) is 1.09. The van der Waals surface area contributed by atoms with Crippen molar-refractivity contribution in [2.24, 2.45) is 7.05 Å². The van der Waals surface area contributed by atoms with E-state index < -0.39 is 0 Å². The van der Waals surface area contributed by atoms with Crippen LogP contribution >= 0.6 is 0 Å². The van der Waals surface area contributed by atoms with Crippen LogP contribution in [-0.2, 0) is 7.05 Å². The molecule has 0 atom stereocenters. The highest BCUT2D eigenvalue weighted by Crippen LogP contribution is 2.18. The lowest BCUT2D eigenvalue weighted by molar-refractivity contribution is 0.0535. The molecule has 0 bridgehead atoms. The normalized spacial score (nSPS) is 14.7. The van der Waals surface area contributed by atoms with Gasteiger partial charge in [0.05, 0.1) is 18.0 Å². The number of hydrogen-bond donors (Lipinski definition) is 0. The molecule has 1 aliphatic heterocycles. The quantitative estimate of drug-likeness (QED) is 0.713. The Balaban J connectivity index is 1.47. The predicted octanol–water partition coefficient (Wildman–Crippen LogP) is 1.40. The third kappa shape index (κ3) is 2.79. The van der Waals surface area contributed by atoms with E-state index >= 15 is 0 Å². The number of piperazine rings is 1. The van der Waals surface area contributed by atoms with Gasteiger partial charge in [0, 0.05) is 45.6 Å². The van der Waals surface area contributed by atoms with Crippen LogP contribution in [0.1, 0.15) is 20.7 Å². The summed E-state index contributed by atoms with van der Waals surface area (Å²) in [6.45, 7) is 1.97. The number of nitrogens with zero attached hydrogens (tertiary/aromatic N) is 5. The van der Waals surface area contributed by atoms with Gasteiger partial charge in [-0.2, -0.15) is 5.10 Å². The maximum absolute atomic E-state index is 13.0. The molecule has 3 aromatic rings. The van der Waals surface area contributed by atoms with E-state index in [1.165, 1.54) is 12.5 Å². The van der Waals surface area contributed by atoms with Gasteiger partial charge in [0.15, 0.2) is 0 Å². The van der Waals surface area contributed by atoms with Crippen LogP contribution in [-0.4, -0.2) is 62.1 Å². The Morgan fingerprint density at radius 1 is 1.04 bits per heavy atom. The highest BCUT2D eigenvalue weighted by Gasteiger charge is 2.28. The lowest BCUT2D eigenvalue weighted by Crippen LogP contribution is -2.50. The SMILES string of the molecule is Cn1ncc(C(=O)N2CCN(C(=O)c3ccoc3)CC2)c1-n1cccc1. The van der Waals surface area contributed by atoms with E-state index in [9.17, 15) is 9.59 Å². The summed E-state index contributed by atoms with van der Waals surface area (Å²) in [5.74, 6) is 0.592. The fourth-order valence-electron chi connectivity index (χ4n) is 3.22. The second-order valence-corrected chi connectivity index (χ2v) is 6.19. The van der Waals surface area contributed by atoms with Gasteiger partial charge in [0.2, 0.25) is 0 Å². The number of furan rings is 1. The van der Waals surface area contributed by atoms with Gasteiger partial charge in [-0.25, -0.2) is 0 Å². The van der Waals surface area contributed by atoms with Crippen molar-refractivity contribution in [1.82, 2.24) is 24.1 Å². The Morgan fingerprint density at radius 3 is 2.31 bits per heavy atom. The zero-order chi connectivity index (χ0) is 18.1. The molecular weight excluding hydrogens is 334 g/mol. The van der Waals surface area contributed by atoms with Gasteiger partial charge in [-0.15, -0.1) is 0 Å². The van der Waals surface area contributed by atoms with Crippen LogP contribution in [0, 0.1) is 0 Å². The molecule has 1 fully saturated rings. The minimum absolute atomic E-state index is 0.0692. The maximum atomic E-state index is 13.0. The molecule has 8 heteroatoms. The molecule has 0 radical (unpaired) electrons. The van der Waals surface area contributed by atoms with E-state index in [4.69, 9.17) is 4.42 Å². The minimum atomic E-state index is -0.0720. The van der Waals surface area contributed by atoms with Crippen LogP contribution in [0.5, 0.6) is 0 Å². The monoisotopic (exact) mass is 353 g/mol. The van der Waals surface area contributed by atoms with Crippen molar-refractivity contribution < 1.29 is 14.0 Å². The van der Waals surface area contributed by atoms with Crippen molar-refractivity contribution >= 4 is 11.8 Å². The van der Waals surface area contributed by atoms with Gasteiger partial charge < -0.3 is 18.8 Å². The van der Waals surface area contributed by atoms with Crippen molar-refractivity contribution in [3.8, 4) is 5.82 Å². The molecule has 4 rings (SSSR count). The molecule has 0 aromatic carbocycles. The van der Waals surface area contributed by atoms with Crippen LogP contribution < -0.4 is 0 Å². The second-order valence-electron chi connectivity index (χ2n) is 6.19. The summed E-state index contributed by atoms with van der Waals surface area (Å²) < 4.78 is 8.53. The van der Waals surface area contributed by atoms with Crippen LogP contribution in [0.3, 0.4) is 0 Å². The Morgan fingerprint density at radius 2 is 1.69 bits per heavy atom. The Hall–Kier alpha value is -3.29. The highest BCUT2D eigenvalue weighted by molar-refractivity contribution is 5.97. The average Bonchev–Trinajstić information content (AvgIpc) is 3.42. The molecule has 0 N–H and O–H groups in total. The van der Waals surface area contributed by atoms with Gasteiger partial charge >= 0.3 is 0 Å². The molecule has 4 heterocycles. The zero-order valence-electron chi connectivity index (χ0n) is 14.4. The molecule has 0 unspecified atom stereocenters. The molecule has 0 saturated carbocycles. The molecule has 1 aliphatic rings. The highest BCUT2D eigenvalue weighted by atomic mass is 16.3. The fraction of sp³-hybridized carbons (Fsp3) is 0.278. The van der Waals surface area contributed by atoms with E-state index in [-0.39, 0.29) is 11.8 Å². The molecule has 2 amide bonds. The smallest absolute Gasteiger partial charge is 0.259 e. The summed E-state index contributed by atoms with van der Waals surface area (Å²) in [5, 5.41) is 4.24. The first-order chi connectivity index (χ1) is 12.6. The van der Waals surface area contributed by atoms with E-state index in [0.29, 0.717) is 37.3 Å². The van der Waals surface area contributed by atoms with Crippen LogP contribution in [0.4, 0.5) is 0 Å². The average molecular weight is 353 g/mol. The first kappa shape index (κ1) is 16.2. The Labute approximate surface area is 150 Å². The van der Waals surface area contributed by atoms with Gasteiger partial charge in [-0.05, 0) is 18.2 Å². The fourth-order valence-corrected chi connectivity index (χ4v) is 3.22. The van der Waals surface area contributed by atoms with Crippen molar-refractivity contribution in [2.75, 3.05) is 26.2 Å². The van der Waals surface area contributed by atoms with E-state index in [1.54, 1.807) is 26.7 Å². The van der Waals surface area contributed by atoms with Crippen molar-refractivity contribution in [1.29, 1.82) is 0 Å². The molecule has 134 valence electrons. The Bertz CT molecular complexity index is 903. The lowest BCUT2D eigenvalue weighted by Gasteiger charge is -2.34. The number of amides is 2. The first-order valence-electron chi connectivity index (χ1n) is 8.41. The molecule has 8 nitrogen and oxygen atoms in total. The van der Waals surface area contributed by atoms with E-state index in [2.05, 4.69) is 5.10 Å². The Kier molecular flexibility index (Phi) is 4.08. The van der Waals surface area contributed by atoms with E-state index in [1.807, 2.05) is 36.1 Å². The molecule has 1 saturated heterocycles. The summed E-state index contributed by atoms with van der Waals surface area (Å²) in [6.07, 6.45) is 8.29. The molecule has 0 aliphatic carbocycles. The number of carbonyl (C=O) groups is 2. The number of rotatable bonds is 3. The maximum Gasteiger partial charge on any atom is 0.259 e. The standard InChI is InChI=1S/C18H19N5O3/c1-20-16(21-5-2-3-6-21)15(12-19-20)18(25)23-9-7-22(8-10-23)17(24)14-4-11-26-13-14/h2-6,11-13H,7-10H2,1H3.